The van der Waals surface area contributed by atoms with Gasteiger partial charge in [-0.25, -0.2) is 5.43 Å². The summed E-state index contributed by atoms with van der Waals surface area (Å²) in [6.45, 7) is 1.75. The highest BCUT2D eigenvalue weighted by molar-refractivity contribution is 7.99. The Morgan fingerprint density at radius 2 is 1.74 bits per heavy atom. The highest BCUT2D eigenvalue weighted by Crippen LogP contribution is 2.40. The van der Waals surface area contributed by atoms with Crippen molar-refractivity contribution < 1.29 is 28.7 Å². The molecule has 1 aromatic heterocycles. The van der Waals surface area contributed by atoms with Crippen LogP contribution in [0.1, 0.15) is 12.5 Å². The number of rotatable bonds is 10. The Balaban J connectivity index is 1.61. The van der Waals surface area contributed by atoms with Crippen LogP contribution in [0.15, 0.2) is 77.0 Å². The molecule has 0 radical (unpaired) electrons. The van der Waals surface area contributed by atoms with Crippen LogP contribution in [0.25, 0.3) is 17.1 Å². The number of carbonyl (C=O) groups is 1. The van der Waals surface area contributed by atoms with E-state index in [1.807, 2.05) is 47.0 Å². The number of phenols is 1. The average Bonchev–Trinajstić information content (AvgIpc) is 3.38. The average molecular weight is 535 g/mol. The van der Waals surface area contributed by atoms with Crippen LogP contribution in [-0.2, 0) is 4.79 Å². The number of para-hydroxylation sites is 1. The molecule has 0 spiro atoms. The van der Waals surface area contributed by atoms with Gasteiger partial charge in [0, 0.05) is 5.56 Å². The van der Waals surface area contributed by atoms with Crippen molar-refractivity contribution in [3.05, 3.63) is 72.3 Å². The number of hydrogen-bond donors (Lipinski definition) is 3. The van der Waals surface area contributed by atoms with Crippen molar-refractivity contribution in [2.45, 2.75) is 12.1 Å². The van der Waals surface area contributed by atoms with Gasteiger partial charge in [0.15, 0.2) is 11.5 Å². The third kappa shape index (κ3) is 5.89. The van der Waals surface area contributed by atoms with Gasteiger partial charge in [0.2, 0.25) is 5.75 Å². The zero-order valence-electron chi connectivity index (χ0n) is 21.4. The van der Waals surface area contributed by atoms with Crippen LogP contribution in [0.5, 0.6) is 23.0 Å². The number of hydrogen-bond acceptors (Lipinski definition) is 8. The number of thioether (sulfide) groups is 1. The van der Waals surface area contributed by atoms with Crippen LogP contribution in [0.4, 0.5) is 0 Å². The van der Waals surface area contributed by atoms with Crippen LogP contribution >= 0.6 is 11.8 Å². The molecular weight excluding hydrogens is 506 g/mol. The second kappa shape index (κ2) is 12.2. The number of aromatic amines is 1. The smallest absolute Gasteiger partial charge is 0.342 e. The highest BCUT2D eigenvalue weighted by atomic mass is 32.2. The quantitative estimate of drug-likeness (QED) is 0.123. The first kappa shape index (κ1) is 26.6. The van der Waals surface area contributed by atoms with Crippen LogP contribution in [0.2, 0.25) is 0 Å². The maximum Gasteiger partial charge on any atom is 0.342 e. The van der Waals surface area contributed by atoms with Crippen molar-refractivity contribution in [3.63, 3.8) is 0 Å². The van der Waals surface area contributed by atoms with E-state index in [1.165, 1.54) is 11.8 Å². The number of benzene rings is 3. The van der Waals surface area contributed by atoms with Gasteiger partial charge in [-0.1, -0.05) is 30.3 Å². The summed E-state index contributed by atoms with van der Waals surface area (Å²) in [7, 11) is 4.67. The zero-order valence-corrected chi connectivity index (χ0v) is 22.2. The second-order valence-corrected chi connectivity index (χ2v) is 8.95. The van der Waals surface area contributed by atoms with E-state index in [2.05, 4.69) is 20.7 Å². The molecule has 0 bridgehead atoms. The standard InChI is InChI=1S/C27H27N5O5S/c1-17(18-9-8-12-21(33)13-18)28-29-24(34)16-38-27-31-30-26(32(27)20-10-6-5-7-11-20)19-14-22(35-2)25(37-4)23(15-19)36-3/h5-15H,16H2,1-4H3,(H2,29,33,34)/p+1/b28-17-. The van der Waals surface area contributed by atoms with Crippen molar-refractivity contribution in [1.29, 1.82) is 0 Å². The third-order valence-corrected chi connectivity index (χ3v) is 6.51. The summed E-state index contributed by atoms with van der Waals surface area (Å²) >= 11 is 1.26. The van der Waals surface area contributed by atoms with Crippen LogP contribution in [-0.4, -0.2) is 54.0 Å². The minimum Gasteiger partial charge on any atom is -0.508 e. The van der Waals surface area contributed by atoms with Crippen molar-refractivity contribution >= 4 is 23.4 Å². The largest absolute Gasteiger partial charge is 0.508 e. The number of carbonyl (C=O) groups excluding carboxylic acids is 1. The lowest BCUT2D eigenvalue weighted by molar-refractivity contribution is -0.625. The van der Waals surface area contributed by atoms with E-state index in [9.17, 15) is 9.90 Å². The molecule has 1 amide bonds. The van der Waals surface area contributed by atoms with Gasteiger partial charge in [0.05, 0.1) is 43.5 Å². The van der Waals surface area contributed by atoms with Gasteiger partial charge in [-0.3, -0.25) is 4.79 Å². The van der Waals surface area contributed by atoms with E-state index in [0.717, 1.165) is 11.3 Å². The Kier molecular flexibility index (Phi) is 8.49. The predicted molar refractivity (Wildman–Crippen MR) is 144 cm³/mol. The number of methoxy groups -OCH3 is 3. The Morgan fingerprint density at radius 3 is 2.37 bits per heavy atom. The molecule has 3 N–H and O–H groups in total. The maximum absolute atomic E-state index is 12.6. The number of ether oxygens (including phenoxy) is 3. The van der Waals surface area contributed by atoms with E-state index >= 15 is 0 Å². The van der Waals surface area contributed by atoms with Crippen LogP contribution in [0, 0.1) is 0 Å². The number of aromatic nitrogens is 3. The molecule has 0 saturated heterocycles. The van der Waals surface area contributed by atoms with E-state index in [1.54, 1.807) is 52.5 Å². The molecule has 196 valence electrons. The van der Waals surface area contributed by atoms with E-state index in [-0.39, 0.29) is 17.4 Å². The molecule has 0 unspecified atom stereocenters. The van der Waals surface area contributed by atoms with E-state index in [0.29, 0.717) is 39.5 Å². The first-order chi connectivity index (χ1) is 18.4. The van der Waals surface area contributed by atoms with Crippen molar-refractivity contribution in [2.24, 2.45) is 5.10 Å². The molecule has 11 heteroatoms. The van der Waals surface area contributed by atoms with Gasteiger partial charge in [0.25, 0.3) is 11.7 Å². The van der Waals surface area contributed by atoms with Crippen LogP contribution < -0.4 is 24.2 Å². The van der Waals surface area contributed by atoms with Gasteiger partial charge >= 0.3 is 5.16 Å². The van der Waals surface area contributed by atoms with Gasteiger partial charge in [-0.2, -0.15) is 9.67 Å². The number of H-pyrrole nitrogens is 1. The number of aromatic hydroxyl groups is 1. The predicted octanol–water partition coefficient (Wildman–Crippen LogP) is 3.72. The fraction of sp³-hybridized carbons (Fsp3) is 0.185. The molecule has 0 aliphatic carbocycles. The summed E-state index contributed by atoms with van der Waals surface area (Å²) in [5.41, 5.74) is 5.45. The summed E-state index contributed by atoms with van der Waals surface area (Å²) in [6.07, 6.45) is 0. The van der Waals surface area contributed by atoms with Gasteiger partial charge in [-0.05, 0) is 55.1 Å². The fourth-order valence-electron chi connectivity index (χ4n) is 3.73. The summed E-state index contributed by atoms with van der Waals surface area (Å²) < 4.78 is 18.4. The number of nitrogens with one attached hydrogen (secondary N) is 2. The number of hydrazone groups is 1. The van der Waals surface area contributed by atoms with Gasteiger partial charge in [0.1, 0.15) is 11.4 Å². The van der Waals surface area contributed by atoms with Crippen molar-refractivity contribution in [3.8, 4) is 40.1 Å². The molecule has 0 fully saturated rings. The lowest BCUT2D eigenvalue weighted by Gasteiger charge is -2.13. The molecule has 3 aromatic carbocycles. The molecule has 38 heavy (non-hydrogen) atoms. The first-order valence-electron chi connectivity index (χ1n) is 11.6. The van der Waals surface area contributed by atoms with Crippen molar-refractivity contribution in [1.82, 2.24) is 15.6 Å². The summed E-state index contributed by atoms with van der Waals surface area (Å²) in [6, 6.07) is 20.0. The van der Waals surface area contributed by atoms with E-state index in [4.69, 9.17) is 14.2 Å². The second-order valence-electron chi connectivity index (χ2n) is 8.01. The lowest BCUT2D eigenvalue weighted by Crippen LogP contribution is -2.34. The Labute approximate surface area is 224 Å². The summed E-state index contributed by atoms with van der Waals surface area (Å²) in [5.74, 6) is 2.06. The molecule has 4 rings (SSSR count). The van der Waals surface area contributed by atoms with Gasteiger partial charge in [-0.15, -0.1) is 5.10 Å². The minimum atomic E-state index is -0.300. The van der Waals surface area contributed by atoms with Crippen molar-refractivity contribution in [2.75, 3.05) is 27.1 Å². The normalized spacial score (nSPS) is 11.2. The Hall–Kier alpha value is -4.51. The topological polar surface area (TPSA) is 122 Å². The SMILES string of the molecule is COc1cc(-c2[nH]nc(SCC(=O)N/N=C(/C)c3cccc(O)c3)[n+]2-c2ccccc2)cc(OC)c1OC. The highest BCUT2D eigenvalue weighted by Gasteiger charge is 2.27. The van der Waals surface area contributed by atoms with Gasteiger partial charge < -0.3 is 19.3 Å². The molecule has 4 aromatic rings. The molecule has 1 heterocycles. The van der Waals surface area contributed by atoms with E-state index < -0.39 is 0 Å². The molecule has 0 saturated carbocycles. The molecular formula is C27H28N5O5S+. The number of amides is 1. The summed E-state index contributed by atoms with van der Waals surface area (Å²) in [4.78, 5) is 12.6. The van der Waals surface area contributed by atoms with Crippen LogP contribution in [0.3, 0.4) is 0 Å². The minimum absolute atomic E-state index is 0.0726. The number of phenolic OH excluding ortho intramolecular Hbond substituents is 1. The molecule has 0 atom stereocenters. The zero-order chi connectivity index (χ0) is 27.1. The monoisotopic (exact) mass is 534 g/mol. The lowest BCUT2D eigenvalue weighted by atomic mass is 10.1. The number of nitrogens with zero attached hydrogens (tertiary/aromatic N) is 3. The Bertz CT molecular complexity index is 1430. The third-order valence-electron chi connectivity index (χ3n) is 5.57. The summed E-state index contributed by atoms with van der Waals surface area (Å²) in [5, 5.41) is 22.0. The fourth-order valence-corrected chi connectivity index (χ4v) is 4.49. The Morgan fingerprint density at radius 1 is 1.03 bits per heavy atom. The molecule has 10 nitrogen and oxygen atoms in total. The molecule has 0 aliphatic heterocycles. The first-order valence-corrected chi connectivity index (χ1v) is 12.5. The maximum atomic E-state index is 12.6. The molecule has 0 aliphatic rings.